The smallest absolute Gasteiger partial charge is 0.277 e. The van der Waals surface area contributed by atoms with Crippen LogP contribution in [0.4, 0.5) is 11.4 Å². The molecule has 5 heterocycles. The molecule has 70 heavy (non-hydrogen) atoms. The van der Waals surface area contributed by atoms with Crippen molar-refractivity contribution in [1.82, 2.24) is 24.5 Å². The highest BCUT2D eigenvalue weighted by atomic mass is 35.5. The van der Waals surface area contributed by atoms with Crippen LogP contribution < -0.4 is 19.1 Å². The van der Waals surface area contributed by atoms with E-state index in [1.165, 1.54) is 29.0 Å². The second kappa shape index (κ2) is 20.3. The van der Waals surface area contributed by atoms with Gasteiger partial charge in [-0.2, -0.15) is 0 Å². The summed E-state index contributed by atoms with van der Waals surface area (Å²) in [6.45, 7) is 11.2. The number of allylic oxidation sites excluding steroid dienone is 1. The number of nitrogens with one attached hydrogen (secondary N) is 2. The van der Waals surface area contributed by atoms with E-state index in [4.69, 9.17) is 21.1 Å². The van der Waals surface area contributed by atoms with E-state index in [1.54, 1.807) is 43.0 Å². The highest BCUT2D eigenvalue weighted by Crippen LogP contribution is 2.44. The van der Waals surface area contributed by atoms with Crippen LogP contribution >= 0.6 is 11.6 Å². The first-order valence-electron chi connectivity index (χ1n) is 23.9. The van der Waals surface area contributed by atoms with E-state index in [9.17, 15) is 27.5 Å². The number of pyridine rings is 1. The molecule has 16 nitrogen and oxygen atoms in total. The fraction of sp³-hybridized carbons (Fsp3) is 0.451. The second-order valence-corrected chi connectivity index (χ2v) is 24.9. The van der Waals surface area contributed by atoms with Gasteiger partial charge in [-0.1, -0.05) is 43.2 Å². The number of carbonyl (C=O) groups is 1. The maximum Gasteiger partial charge on any atom is 0.277 e. The number of amides is 1. The minimum Gasteiger partial charge on any atom is -0.493 e. The number of fused-ring (bicyclic) bond motifs is 2. The first kappa shape index (κ1) is 49.5. The van der Waals surface area contributed by atoms with Crippen molar-refractivity contribution < 1.29 is 31.8 Å². The number of rotatable bonds is 14. The van der Waals surface area contributed by atoms with E-state index in [0.29, 0.717) is 36.5 Å². The highest BCUT2D eigenvalue weighted by molar-refractivity contribution is 7.92. The molecule has 0 unspecified atom stereocenters. The van der Waals surface area contributed by atoms with Crippen molar-refractivity contribution in [1.29, 1.82) is 0 Å². The van der Waals surface area contributed by atoms with Gasteiger partial charge in [0.15, 0.2) is 0 Å². The number of piperazine rings is 1. The minimum absolute atomic E-state index is 0.0276. The van der Waals surface area contributed by atoms with Crippen LogP contribution in [0.2, 0.25) is 5.02 Å². The molecule has 2 N–H and O–H groups in total. The number of ether oxygens (including phenoxy) is 2. The maximum absolute atomic E-state index is 14.1. The van der Waals surface area contributed by atoms with Crippen molar-refractivity contribution in [3.63, 3.8) is 0 Å². The Morgan fingerprint density at radius 2 is 1.76 bits per heavy atom. The molecule has 2 aromatic heterocycles. The monoisotopic (exact) mass is 1010 g/mol. The molecule has 5 aromatic rings. The average molecular weight is 1010 g/mol. The zero-order chi connectivity index (χ0) is 49.4. The number of nitrogens with zero attached hydrogens (tertiary/aromatic N) is 6. The second-order valence-electron chi connectivity index (χ2n) is 20.2. The third-order valence-electron chi connectivity index (χ3n) is 14.0. The van der Waals surface area contributed by atoms with Crippen LogP contribution in [-0.2, 0) is 26.2 Å². The molecule has 0 bridgehead atoms. The summed E-state index contributed by atoms with van der Waals surface area (Å²) in [5.74, 6) is -0.441. The van der Waals surface area contributed by atoms with Gasteiger partial charge in [0.1, 0.15) is 22.9 Å². The van der Waals surface area contributed by atoms with Crippen LogP contribution in [0.1, 0.15) is 73.9 Å². The fourth-order valence-corrected chi connectivity index (χ4v) is 12.2. The largest absolute Gasteiger partial charge is 0.493 e. The van der Waals surface area contributed by atoms with E-state index < -0.39 is 35.5 Å². The molecule has 0 saturated carbocycles. The lowest BCUT2D eigenvalue weighted by molar-refractivity contribution is -0.386. The number of sulfonamides is 1. The van der Waals surface area contributed by atoms with Gasteiger partial charge in [0.05, 0.1) is 39.8 Å². The van der Waals surface area contributed by atoms with Crippen molar-refractivity contribution in [2.45, 2.75) is 69.7 Å². The minimum atomic E-state index is -4.66. The van der Waals surface area contributed by atoms with Gasteiger partial charge in [0.2, 0.25) is 0 Å². The van der Waals surface area contributed by atoms with Crippen LogP contribution in [0.5, 0.6) is 17.2 Å². The van der Waals surface area contributed by atoms with Crippen molar-refractivity contribution in [3.8, 4) is 17.2 Å². The quantitative estimate of drug-likeness (QED) is 0.0794. The number of benzene rings is 3. The summed E-state index contributed by atoms with van der Waals surface area (Å²) < 4.78 is 59.2. The lowest BCUT2D eigenvalue weighted by atomic mass is 9.72. The zero-order valence-electron chi connectivity index (χ0n) is 40.1. The molecule has 0 radical (unpaired) electrons. The average Bonchev–Trinajstić information content (AvgIpc) is 3.79. The Morgan fingerprint density at radius 3 is 2.49 bits per heavy atom. The van der Waals surface area contributed by atoms with Crippen molar-refractivity contribution >= 4 is 65.2 Å². The lowest BCUT2D eigenvalue weighted by Crippen LogP contribution is -2.47. The Morgan fingerprint density at radius 1 is 1.00 bits per heavy atom. The molecule has 3 aliphatic heterocycles. The van der Waals surface area contributed by atoms with E-state index in [-0.39, 0.29) is 46.7 Å². The number of H-pyrrole nitrogens is 1. The third kappa shape index (κ3) is 11.8. The summed E-state index contributed by atoms with van der Waals surface area (Å²) >= 11 is 6.26. The number of hydrogen-bond acceptors (Lipinski definition) is 13. The number of hydrogen-bond donors (Lipinski definition) is 2. The van der Waals surface area contributed by atoms with Gasteiger partial charge in [-0.25, -0.2) is 22.5 Å². The van der Waals surface area contributed by atoms with Crippen molar-refractivity contribution in [2.75, 3.05) is 76.4 Å². The molecule has 1 atom stereocenters. The summed E-state index contributed by atoms with van der Waals surface area (Å²) in [7, 11) is -6.82. The van der Waals surface area contributed by atoms with Gasteiger partial charge in [0.25, 0.3) is 21.6 Å². The third-order valence-corrected chi connectivity index (χ3v) is 16.4. The molecular formula is C51H61ClN8O8S2. The van der Waals surface area contributed by atoms with Gasteiger partial charge >= 0.3 is 0 Å². The number of nitro benzene ring substituents is 1. The molecule has 2 fully saturated rings. The highest BCUT2D eigenvalue weighted by Gasteiger charge is 2.34. The number of nitro groups is 1. The number of likely N-dealkylation sites (tertiary alicyclic amines) is 1. The Hall–Kier alpha value is -5.53. The molecule has 4 aliphatic rings. The Labute approximate surface area is 415 Å². The Balaban J connectivity index is 0.899. The number of halogens is 1. The van der Waals surface area contributed by atoms with Gasteiger partial charge in [-0.15, -0.1) is 0 Å². The van der Waals surface area contributed by atoms with Crippen LogP contribution in [0.15, 0.2) is 94.0 Å². The number of anilines is 1. The standard InChI is InChI=1S/C51H61ClN8O8S2/c1-51(2)16-11-37(45(30-51)35-5-7-38(52)8-6-35)32-58-21-23-59(24-22-58)40-9-10-43(48(27-40)68-41-26-36-12-17-53-49(36)54-31-41)50(61)56-70(65,66)42-28-46(60(62)63)44-25-34(33-67-47(44)29-42)13-18-57-19-14-39(15-20-57)55-69(3,4)64/h5-10,12,17,26-29,31,34,39H,11,13-16,18-25,30,32-33H2,1-4H3,(H,53,54)(H,56,61)/t34-/m0/s1. The van der Waals surface area contributed by atoms with E-state index >= 15 is 0 Å². The molecule has 372 valence electrons. The summed E-state index contributed by atoms with van der Waals surface area (Å²) in [6.07, 6.45) is 12.5. The molecule has 1 amide bonds. The number of aromatic nitrogens is 2. The Bertz CT molecular complexity index is 3050. The summed E-state index contributed by atoms with van der Waals surface area (Å²) in [5.41, 5.74) is 5.64. The molecule has 0 spiro atoms. The van der Waals surface area contributed by atoms with Gasteiger partial charge in [-0.3, -0.25) is 24.0 Å². The van der Waals surface area contributed by atoms with Gasteiger partial charge in [-0.05, 0) is 110 Å². The van der Waals surface area contributed by atoms with Crippen LogP contribution in [0.25, 0.3) is 16.6 Å². The Kier molecular flexibility index (Phi) is 14.3. The van der Waals surface area contributed by atoms with Gasteiger partial charge < -0.3 is 24.3 Å². The molecule has 19 heteroatoms. The predicted octanol–water partition coefficient (Wildman–Crippen LogP) is 8.95. The number of carbonyl (C=O) groups excluding carboxylic acids is 1. The SMILES string of the molecule is CC1(C)CCC(CN2CCN(c3ccc(C(=O)NS(=O)(=O)c4cc5c(c([N+](=O)[O-])c4)C[C@H](CCN4CCC(N=S(C)(C)=O)CC4)CO5)c(Oc4cnc5[nH]ccc5c4)c3)CC2)=C(c2ccc(Cl)cc2)C1. The normalized spacial score (nSPS) is 19.4. The molecule has 9 rings (SSSR count). The maximum atomic E-state index is 14.1. The molecule has 3 aromatic carbocycles. The zero-order valence-corrected chi connectivity index (χ0v) is 42.5. The lowest BCUT2D eigenvalue weighted by Gasteiger charge is -2.39. The van der Waals surface area contributed by atoms with Crippen LogP contribution in [0.3, 0.4) is 0 Å². The van der Waals surface area contributed by atoms with Crippen LogP contribution in [0, 0.1) is 21.4 Å². The first-order chi connectivity index (χ1) is 33.3. The first-order valence-corrected chi connectivity index (χ1v) is 28.1. The summed E-state index contributed by atoms with van der Waals surface area (Å²) in [6, 6.07) is 19.2. The number of piperidine rings is 1. The fourth-order valence-electron chi connectivity index (χ4n) is 10.2. The predicted molar refractivity (Wildman–Crippen MR) is 274 cm³/mol. The molecule has 2 saturated heterocycles. The number of aromatic amines is 1. The molecular weight excluding hydrogens is 952 g/mol. The van der Waals surface area contributed by atoms with Crippen LogP contribution in [-0.4, -0.2) is 121 Å². The molecule has 1 aliphatic carbocycles. The van der Waals surface area contributed by atoms with E-state index in [0.717, 1.165) is 100.0 Å². The van der Waals surface area contributed by atoms with Crippen molar-refractivity contribution in [2.24, 2.45) is 15.7 Å². The van der Waals surface area contributed by atoms with Crippen molar-refractivity contribution in [3.05, 3.63) is 117 Å². The van der Waals surface area contributed by atoms with E-state index in [1.807, 2.05) is 18.2 Å². The topological polar surface area (TPSA) is 193 Å². The summed E-state index contributed by atoms with van der Waals surface area (Å²) in [4.78, 5) is 40.1. The van der Waals surface area contributed by atoms with E-state index in [2.05, 4.69) is 59.7 Å². The van der Waals surface area contributed by atoms with Gasteiger partial charge in [0, 0.05) is 109 Å². The summed E-state index contributed by atoms with van der Waals surface area (Å²) in [5, 5.41) is 14.0.